The number of fused-ring (bicyclic) bond motifs is 3. The van der Waals surface area contributed by atoms with Crippen molar-refractivity contribution in [3.05, 3.63) is 65.4 Å². The first-order chi connectivity index (χ1) is 13.8. The number of benzene rings is 2. The van der Waals surface area contributed by atoms with Crippen molar-refractivity contribution in [3.63, 3.8) is 0 Å². The molecule has 0 atom stereocenters. The maximum absolute atomic E-state index is 9.95. The third-order valence-electron chi connectivity index (χ3n) is 6.09. The van der Waals surface area contributed by atoms with E-state index >= 15 is 0 Å². The minimum atomic E-state index is 0.573. The van der Waals surface area contributed by atoms with Crippen LogP contribution in [-0.4, -0.2) is 4.98 Å². The summed E-state index contributed by atoms with van der Waals surface area (Å²) in [5.41, 5.74) is 6.21. The second-order valence-corrected chi connectivity index (χ2v) is 7.84. The fourth-order valence-corrected chi connectivity index (χ4v) is 4.70. The molecule has 2 heterocycles. The van der Waals surface area contributed by atoms with Crippen LogP contribution < -0.4 is 0 Å². The summed E-state index contributed by atoms with van der Waals surface area (Å²) >= 11 is 0. The number of hydrogen-bond acceptors (Lipinski definition) is 3. The van der Waals surface area contributed by atoms with Crippen LogP contribution in [0.15, 0.2) is 53.1 Å². The van der Waals surface area contributed by atoms with Crippen LogP contribution in [0.5, 0.6) is 0 Å². The molecule has 2 aromatic heterocycles. The molecule has 0 bridgehead atoms. The van der Waals surface area contributed by atoms with Gasteiger partial charge in [-0.05, 0) is 61.1 Å². The van der Waals surface area contributed by atoms with Gasteiger partial charge in [0.05, 0.1) is 5.69 Å². The van der Waals surface area contributed by atoms with E-state index < -0.39 is 0 Å². The van der Waals surface area contributed by atoms with E-state index in [9.17, 15) is 5.26 Å². The van der Waals surface area contributed by atoms with E-state index in [4.69, 9.17) is 4.42 Å². The highest BCUT2D eigenvalue weighted by Gasteiger charge is 2.21. The molecule has 0 spiro atoms. The lowest BCUT2D eigenvalue weighted by atomic mass is 9.84. The SMILES string of the molecule is Cc1cc2c(oc3cc(C4CCCCC4)ccc32)c(C#N)c1-c1ccccn1. The number of aryl methyl sites for hydroxylation is 1. The maximum Gasteiger partial charge on any atom is 0.153 e. The number of hydrogen-bond donors (Lipinski definition) is 0. The number of nitriles is 1. The quantitative estimate of drug-likeness (QED) is 0.389. The van der Waals surface area contributed by atoms with Gasteiger partial charge in [-0.3, -0.25) is 4.98 Å². The van der Waals surface area contributed by atoms with Crippen molar-refractivity contribution in [1.29, 1.82) is 5.26 Å². The first-order valence-electron chi connectivity index (χ1n) is 10.1. The first-order valence-corrected chi connectivity index (χ1v) is 10.1. The van der Waals surface area contributed by atoms with Crippen molar-refractivity contribution in [2.75, 3.05) is 0 Å². The second kappa shape index (κ2) is 6.80. The van der Waals surface area contributed by atoms with E-state index in [1.54, 1.807) is 6.20 Å². The van der Waals surface area contributed by atoms with Crippen molar-refractivity contribution >= 4 is 21.9 Å². The molecule has 2 aromatic carbocycles. The number of furan rings is 1. The Kier molecular flexibility index (Phi) is 4.13. The zero-order valence-corrected chi connectivity index (χ0v) is 16.0. The smallest absolute Gasteiger partial charge is 0.153 e. The molecule has 28 heavy (non-hydrogen) atoms. The van der Waals surface area contributed by atoms with Crippen molar-refractivity contribution in [2.45, 2.75) is 44.9 Å². The molecule has 0 saturated heterocycles. The van der Waals surface area contributed by atoms with Crippen LogP contribution in [-0.2, 0) is 0 Å². The summed E-state index contributed by atoms with van der Waals surface area (Å²) in [6.07, 6.45) is 8.26. The maximum atomic E-state index is 9.95. The Labute approximate surface area is 164 Å². The largest absolute Gasteiger partial charge is 0.455 e. The number of pyridine rings is 1. The molecule has 1 fully saturated rings. The third kappa shape index (κ3) is 2.68. The molecule has 5 rings (SSSR count). The topological polar surface area (TPSA) is 49.8 Å². The lowest BCUT2D eigenvalue weighted by Gasteiger charge is -2.21. The predicted molar refractivity (Wildman–Crippen MR) is 112 cm³/mol. The standard InChI is InChI=1S/C25H22N2O/c1-16-13-20-19-11-10-18(17-7-3-2-4-8-17)14-23(19)28-25(20)21(15-26)24(16)22-9-5-6-12-27-22/h5-6,9-14,17H,2-4,7-8H2,1H3. The van der Waals surface area contributed by atoms with Gasteiger partial charge in [-0.15, -0.1) is 0 Å². The summed E-state index contributed by atoms with van der Waals surface area (Å²) in [5.74, 6) is 0.632. The van der Waals surface area contributed by atoms with E-state index in [1.807, 2.05) is 25.1 Å². The minimum Gasteiger partial charge on any atom is -0.455 e. The first kappa shape index (κ1) is 17.0. The fraction of sp³-hybridized carbons (Fsp3) is 0.280. The average Bonchev–Trinajstić information content (AvgIpc) is 3.11. The number of rotatable bonds is 2. The normalized spacial score (nSPS) is 15.1. The summed E-state index contributed by atoms with van der Waals surface area (Å²) in [6, 6.07) is 16.9. The van der Waals surface area contributed by atoms with Crippen LogP contribution in [0.25, 0.3) is 33.2 Å². The predicted octanol–water partition coefficient (Wildman–Crippen LogP) is 6.88. The van der Waals surface area contributed by atoms with Gasteiger partial charge in [-0.2, -0.15) is 5.26 Å². The average molecular weight is 366 g/mol. The van der Waals surface area contributed by atoms with Gasteiger partial charge in [-0.1, -0.05) is 37.5 Å². The highest BCUT2D eigenvalue weighted by Crippen LogP contribution is 2.40. The molecular weight excluding hydrogens is 344 g/mol. The second-order valence-electron chi connectivity index (χ2n) is 7.84. The van der Waals surface area contributed by atoms with Crippen LogP contribution in [0.2, 0.25) is 0 Å². The van der Waals surface area contributed by atoms with Gasteiger partial charge < -0.3 is 4.42 Å². The Bertz CT molecular complexity index is 1210. The highest BCUT2D eigenvalue weighted by atomic mass is 16.3. The molecule has 0 unspecified atom stereocenters. The molecule has 1 aliphatic rings. The van der Waals surface area contributed by atoms with Gasteiger partial charge in [0.25, 0.3) is 0 Å². The van der Waals surface area contributed by atoms with E-state index in [2.05, 4.69) is 35.3 Å². The van der Waals surface area contributed by atoms with Gasteiger partial charge >= 0.3 is 0 Å². The Balaban J connectivity index is 1.73. The highest BCUT2D eigenvalue weighted by molar-refractivity contribution is 6.09. The molecule has 0 radical (unpaired) electrons. The number of aromatic nitrogens is 1. The van der Waals surface area contributed by atoms with Crippen molar-refractivity contribution < 1.29 is 4.42 Å². The third-order valence-corrected chi connectivity index (χ3v) is 6.09. The fourth-order valence-electron chi connectivity index (χ4n) is 4.70. The van der Waals surface area contributed by atoms with E-state index in [0.717, 1.165) is 33.2 Å². The summed E-state index contributed by atoms with van der Waals surface area (Å²) in [6.45, 7) is 2.04. The Morgan fingerprint density at radius 1 is 1.04 bits per heavy atom. The Morgan fingerprint density at radius 3 is 2.64 bits per heavy atom. The molecule has 1 saturated carbocycles. The van der Waals surface area contributed by atoms with Gasteiger partial charge in [0.15, 0.2) is 5.58 Å². The molecule has 3 heteroatoms. The zero-order valence-electron chi connectivity index (χ0n) is 16.0. The molecule has 4 aromatic rings. The van der Waals surface area contributed by atoms with Crippen LogP contribution in [0, 0.1) is 18.3 Å². The van der Waals surface area contributed by atoms with Crippen LogP contribution in [0.3, 0.4) is 0 Å². The van der Waals surface area contributed by atoms with E-state index in [1.165, 1.54) is 37.7 Å². The monoisotopic (exact) mass is 366 g/mol. The van der Waals surface area contributed by atoms with E-state index in [-0.39, 0.29) is 0 Å². The lowest BCUT2D eigenvalue weighted by Crippen LogP contribution is -2.03. The summed E-state index contributed by atoms with van der Waals surface area (Å²) in [7, 11) is 0. The lowest BCUT2D eigenvalue weighted by molar-refractivity contribution is 0.443. The van der Waals surface area contributed by atoms with Crippen molar-refractivity contribution in [1.82, 2.24) is 4.98 Å². The van der Waals surface area contributed by atoms with Gasteiger partial charge in [0.2, 0.25) is 0 Å². The Hall–Kier alpha value is -3.12. The Morgan fingerprint density at radius 2 is 1.89 bits per heavy atom. The van der Waals surface area contributed by atoms with Crippen molar-refractivity contribution in [3.8, 4) is 17.3 Å². The molecule has 3 nitrogen and oxygen atoms in total. The van der Waals surface area contributed by atoms with Crippen LogP contribution in [0.4, 0.5) is 0 Å². The van der Waals surface area contributed by atoms with Crippen LogP contribution in [0.1, 0.15) is 54.7 Å². The van der Waals surface area contributed by atoms with Gasteiger partial charge in [-0.25, -0.2) is 0 Å². The summed E-state index contributed by atoms with van der Waals surface area (Å²) in [5, 5.41) is 12.0. The molecule has 0 aliphatic heterocycles. The summed E-state index contributed by atoms with van der Waals surface area (Å²) < 4.78 is 6.27. The molecule has 0 N–H and O–H groups in total. The summed E-state index contributed by atoms with van der Waals surface area (Å²) in [4.78, 5) is 4.46. The van der Waals surface area contributed by atoms with E-state index in [0.29, 0.717) is 17.1 Å². The van der Waals surface area contributed by atoms with Crippen LogP contribution >= 0.6 is 0 Å². The van der Waals surface area contributed by atoms with Crippen molar-refractivity contribution in [2.24, 2.45) is 0 Å². The van der Waals surface area contributed by atoms with Gasteiger partial charge in [0.1, 0.15) is 17.2 Å². The van der Waals surface area contributed by atoms with Gasteiger partial charge in [0, 0.05) is 22.5 Å². The molecular formula is C25H22N2O. The minimum absolute atomic E-state index is 0.573. The zero-order chi connectivity index (χ0) is 19.1. The molecule has 1 aliphatic carbocycles. The molecule has 0 amide bonds. The molecule has 138 valence electrons. The number of nitrogens with zero attached hydrogens (tertiary/aromatic N) is 2.